The van der Waals surface area contributed by atoms with Gasteiger partial charge in [-0.05, 0) is 37.1 Å². The molecule has 0 atom stereocenters. The first-order valence-electron chi connectivity index (χ1n) is 8.81. The van der Waals surface area contributed by atoms with E-state index in [1.165, 1.54) is 4.68 Å². The van der Waals surface area contributed by atoms with Gasteiger partial charge in [-0.25, -0.2) is 4.68 Å². The van der Waals surface area contributed by atoms with Crippen LogP contribution in [0.25, 0.3) is 0 Å². The lowest BCUT2D eigenvalue weighted by Gasteiger charge is -2.13. The summed E-state index contributed by atoms with van der Waals surface area (Å²) in [4.78, 5) is 12.2. The van der Waals surface area contributed by atoms with E-state index in [9.17, 15) is 4.79 Å². The number of nitrogens with one attached hydrogen (secondary N) is 1. The van der Waals surface area contributed by atoms with Crippen molar-refractivity contribution in [1.29, 1.82) is 0 Å². The molecule has 1 N–H and O–H groups in total. The van der Waals surface area contributed by atoms with E-state index >= 15 is 0 Å². The van der Waals surface area contributed by atoms with Gasteiger partial charge in [-0.15, -0.1) is 0 Å². The van der Waals surface area contributed by atoms with Gasteiger partial charge in [-0.3, -0.25) is 4.79 Å². The van der Waals surface area contributed by atoms with Gasteiger partial charge in [0.2, 0.25) is 0 Å². The predicted octanol–water partition coefficient (Wildman–Crippen LogP) is 4.67. The van der Waals surface area contributed by atoms with Crippen molar-refractivity contribution in [2.45, 2.75) is 33.0 Å². The summed E-state index contributed by atoms with van der Waals surface area (Å²) in [6.07, 6.45) is 1.58. The average molecular weight is 384 g/mol. The van der Waals surface area contributed by atoms with Gasteiger partial charge in [0, 0.05) is 6.54 Å². The fourth-order valence-electron chi connectivity index (χ4n) is 2.62. The second-order valence-electron chi connectivity index (χ2n) is 6.49. The minimum atomic E-state index is -0.295. The molecule has 0 saturated carbocycles. The standard InChI is InChI=1S/C21H22ClN3O2/c1-15(2)25-21(26)20(22)19(13-24-25)23-12-17-9-6-10-18(11-17)27-14-16-7-4-3-5-8-16/h3-11,13,15,23H,12,14H2,1-2H3. The zero-order chi connectivity index (χ0) is 19.2. The van der Waals surface area contributed by atoms with Gasteiger partial charge in [0.15, 0.2) is 0 Å². The molecule has 3 aromatic rings. The van der Waals surface area contributed by atoms with Crippen molar-refractivity contribution in [3.8, 4) is 5.75 Å². The van der Waals surface area contributed by atoms with Crippen molar-refractivity contribution < 1.29 is 4.74 Å². The first kappa shape index (κ1) is 19.0. The molecule has 5 nitrogen and oxygen atoms in total. The lowest BCUT2D eigenvalue weighted by atomic mass is 10.2. The molecule has 0 aliphatic heterocycles. The van der Waals surface area contributed by atoms with E-state index in [1.54, 1.807) is 6.20 Å². The van der Waals surface area contributed by atoms with Crippen LogP contribution in [0.5, 0.6) is 5.75 Å². The Bertz CT molecular complexity index is 955. The van der Waals surface area contributed by atoms with Crippen LogP contribution in [-0.2, 0) is 13.2 Å². The molecule has 1 aromatic heterocycles. The molecule has 6 heteroatoms. The van der Waals surface area contributed by atoms with E-state index in [2.05, 4.69) is 10.4 Å². The molecule has 0 saturated heterocycles. The Morgan fingerprint density at radius 1 is 1.11 bits per heavy atom. The van der Waals surface area contributed by atoms with Crippen LogP contribution < -0.4 is 15.6 Å². The largest absolute Gasteiger partial charge is 0.489 e. The lowest BCUT2D eigenvalue weighted by molar-refractivity contribution is 0.306. The molecule has 3 rings (SSSR count). The molecular weight excluding hydrogens is 362 g/mol. The van der Waals surface area contributed by atoms with Crippen LogP contribution in [0, 0.1) is 0 Å². The van der Waals surface area contributed by atoms with Crippen molar-refractivity contribution in [3.05, 3.63) is 87.3 Å². The van der Waals surface area contributed by atoms with Crippen molar-refractivity contribution in [2.24, 2.45) is 0 Å². The zero-order valence-corrected chi connectivity index (χ0v) is 16.1. The number of ether oxygens (including phenoxy) is 1. The van der Waals surface area contributed by atoms with Crippen molar-refractivity contribution in [3.63, 3.8) is 0 Å². The molecule has 140 valence electrons. The highest BCUT2D eigenvalue weighted by atomic mass is 35.5. The van der Waals surface area contributed by atoms with E-state index in [-0.39, 0.29) is 16.6 Å². The molecule has 1 heterocycles. The number of halogens is 1. The highest BCUT2D eigenvalue weighted by Crippen LogP contribution is 2.19. The summed E-state index contributed by atoms with van der Waals surface area (Å²) in [6, 6.07) is 17.8. The number of benzene rings is 2. The summed E-state index contributed by atoms with van der Waals surface area (Å²) in [5.74, 6) is 0.789. The number of nitrogens with zero attached hydrogens (tertiary/aromatic N) is 2. The van der Waals surface area contributed by atoms with Gasteiger partial charge in [-0.1, -0.05) is 54.1 Å². The predicted molar refractivity (Wildman–Crippen MR) is 108 cm³/mol. The number of aromatic nitrogens is 2. The molecule has 0 unspecified atom stereocenters. The number of anilines is 1. The quantitative estimate of drug-likeness (QED) is 0.644. The van der Waals surface area contributed by atoms with Crippen molar-refractivity contribution >= 4 is 17.3 Å². The van der Waals surface area contributed by atoms with Gasteiger partial charge >= 0.3 is 0 Å². The maximum atomic E-state index is 12.2. The van der Waals surface area contributed by atoms with Crippen LogP contribution in [0.3, 0.4) is 0 Å². The summed E-state index contributed by atoms with van der Waals surface area (Å²) < 4.78 is 7.22. The summed E-state index contributed by atoms with van der Waals surface area (Å²) in [6.45, 7) is 4.80. The molecule has 0 bridgehead atoms. The van der Waals surface area contributed by atoms with E-state index in [0.29, 0.717) is 18.8 Å². The molecule has 0 amide bonds. The molecule has 27 heavy (non-hydrogen) atoms. The third kappa shape index (κ3) is 4.89. The zero-order valence-electron chi connectivity index (χ0n) is 15.4. The Balaban J connectivity index is 1.65. The molecule has 2 aromatic carbocycles. The second-order valence-corrected chi connectivity index (χ2v) is 6.87. The summed E-state index contributed by atoms with van der Waals surface area (Å²) in [5, 5.41) is 7.49. The third-order valence-electron chi connectivity index (χ3n) is 4.06. The van der Waals surface area contributed by atoms with Gasteiger partial charge in [-0.2, -0.15) is 5.10 Å². The maximum Gasteiger partial charge on any atom is 0.287 e. The Hall–Kier alpha value is -2.79. The van der Waals surface area contributed by atoms with E-state index in [1.807, 2.05) is 68.4 Å². The van der Waals surface area contributed by atoms with Crippen LogP contribution in [0.1, 0.15) is 31.0 Å². The number of rotatable bonds is 7. The molecule has 0 radical (unpaired) electrons. The summed E-state index contributed by atoms with van der Waals surface area (Å²) >= 11 is 6.20. The van der Waals surface area contributed by atoms with Crippen LogP contribution >= 0.6 is 11.6 Å². The third-order valence-corrected chi connectivity index (χ3v) is 4.43. The van der Waals surface area contributed by atoms with Gasteiger partial charge in [0.05, 0.1) is 17.9 Å². The fraction of sp³-hybridized carbons (Fsp3) is 0.238. The molecule has 0 aliphatic rings. The molecular formula is C21H22ClN3O2. The van der Waals surface area contributed by atoms with Crippen LogP contribution in [0.15, 0.2) is 65.6 Å². The monoisotopic (exact) mass is 383 g/mol. The maximum absolute atomic E-state index is 12.2. The number of hydrogen-bond acceptors (Lipinski definition) is 4. The summed E-state index contributed by atoms with van der Waals surface area (Å²) in [7, 11) is 0. The second kappa shape index (κ2) is 8.73. The highest BCUT2D eigenvalue weighted by Gasteiger charge is 2.11. The van der Waals surface area contributed by atoms with E-state index < -0.39 is 0 Å². The molecule has 0 aliphatic carbocycles. The minimum absolute atomic E-state index is 0.0394. The van der Waals surface area contributed by atoms with E-state index in [0.717, 1.165) is 16.9 Å². The van der Waals surface area contributed by atoms with Gasteiger partial charge in [0.25, 0.3) is 5.56 Å². The lowest BCUT2D eigenvalue weighted by Crippen LogP contribution is -2.25. The first-order valence-corrected chi connectivity index (χ1v) is 9.19. The van der Waals surface area contributed by atoms with Crippen molar-refractivity contribution in [1.82, 2.24) is 9.78 Å². The van der Waals surface area contributed by atoms with Gasteiger partial charge < -0.3 is 10.1 Å². The summed E-state index contributed by atoms with van der Waals surface area (Å²) in [5.41, 5.74) is 2.36. The average Bonchev–Trinajstić information content (AvgIpc) is 2.68. The minimum Gasteiger partial charge on any atom is -0.489 e. The molecule has 0 spiro atoms. The Kier molecular flexibility index (Phi) is 6.14. The van der Waals surface area contributed by atoms with Crippen LogP contribution in [-0.4, -0.2) is 9.78 Å². The van der Waals surface area contributed by atoms with Crippen LogP contribution in [0.4, 0.5) is 5.69 Å². The normalized spacial score (nSPS) is 10.8. The smallest absolute Gasteiger partial charge is 0.287 e. The Morgan fingerprint density at radius 3 is 2.59 bits per heavy atom. The highest BCUT2D eigenvalue weighted by molar-refractivity contribution is 6.32. The topological polar surface area (TPSA) is 56.1 Å². The van der Waals surface area contributed by atoms with Crippen molar-refractivity contribution in [2.75, 3.05) is 5.32 Å². The Labute approximate surface area is 163 Å². The first-order chi connectivity index (χ1) is 13.0. The fourth-order valence-corrected chi connectivity index (χ4v) is 2.82. The Morgan fingerprint density at radius 2 is 1.85 bits per heavy atom. The van der Waals surface area contributed by atoms with E-state index in [4.69, 9.17) is 16.3 Å². The number of hydrogen-bond donors (Lipinski definition) is 1. The van der Waals surface area contributed by atoms with Gasteiger partial charge in [0.1, 0.15) is 17.4 Å². The SMILES string of the molecule is CC(C)n1ncc(NCc2cccc(OCc3ccccc3)c2)c(Cl)c1=O. The molecule has 0 fully saturated rings. The van der Waals surface area contributed by atoms with Crippen LogP contribution in [0.2, 0.25) is 5.02 Å².